The van der Waals surface area contributed by atoms with Crippen LogP contribution in [0.25, 0.3) is 0 Å². The average molecular weight is 531 g/mol. The van der Waals surface area contributed by atoms with E-state index in [0.717, 1.165) is 12.0 Å². The molecule has 9 heteroatoms. The molecule has 1 aromatic rings. The van der Waals surface area contributed by atoms with Gasteiger partial charge in [0.05, 0.1) is 39.9 Å². The lowest BCUT2D eigenvalue weighted by molar-refractivity contribution is -0.152. The van der Waals surface area contributed by atoms with E-state index in [9.17, 15) is 19.5 Å². The molecule has 5 rings (SSSR count). The number of aliphatic hydroxyl groups excluding tert-OH is 1. The minimum Gasteiger partial charge on any atom is -0.461 e. The first-order chi connectivity index (χ1) is 17.3. The van der Waals surface area contributed by atoms with Crippen LogP contribution >= 0.6 is 23.4 Å². The molecule has 0 aromatic heterocycles. The SMILES string of the molecule is CC[C@H](C)[C@H](CO)N1C(=O)[C@@H]2[C@H]3C(=O)OCC=C[C@H]3S[C@@]23C=CCN(c2c(C)cccc2Cl)C(=O)C13. The van der Waals surface area contributed by atoms with Gasteiger partial charge in [0.15, 0.2) is 0 Å². The number of carbonyl (C=O) groups is 3. The number of hydrogen-bond donors (Lipinski definition) is 1. The minimum absolute atomic E-state index is 0.0489. The third kappa shape index (κ3) is 3.63. The van der Waals surface area contributed by atoms with E-state index in [4.69, 9.17) is 16.3 Å². The van der Waals surface area contributed by atoms with Gasteiger partial charge in [-0.15, -0.1) is 11.8 Å². The van der Waals surface area contributed by atoms with E-state index in [2.05, 4.69) is 0 Å². The molecule has 4 heterocycles. The fraction of sp³-hybridized carbons (Fsp3) is 0.519. The minimum atomic E-state index is -0.963. The smallest absolute Gasteiger partial charge is 0.311 e. The molecule has 36 heavy (non-hydrogen) atoms. The number of likely N-dealkylation sites (tertiary alicyclic amines) is 1. The largest absolute Gasteiger partial charge is 0.461 e. The Morgan fingerprint density at radius 1 is 1.25 bits per heavy atom. The van der Waals surface area contributed by atoms with Gasteiger partial charge in [0.1, 0.15) is 12.6 Å². The third-order valence-electron chi connectivity index (χ3n) is 8.16. The number of aliphatic hydroxyl groups is 1. The lowest BCUT2D eigenvalue weighted by Crippen LogP contribution is -2.58. The number of aryl methyl sites for hydroxylation is 1. The van der Waals surface area contributed by atoms with Crippen LogP contribution in [0.2, 0.25) is 5.02 Å². The van der Waals surface area contributed by atoms with E-state index in [-0.39, 0.29) is 36.2 Å². The molecule has 0 bridgehead atoms. The Kier molecular flexibility index (Phi) is 6.72. The van der Waals surface area contributed by atoms with Crippen molar-refractivity contribution in [2.24, 2.45) is 17.8 Å². The molecule has 4 aliphatic rings. The highest BCUT2D eigenvalue weighted by molar-refractivity contribution is 8.02. The zero-order chi connectivity index (χ0) is 25.8. The number of benzene rings is 1. The average Bonchev–Trinajstić information content (AvgIpc) is 3.15. The van der Waals surface area contributed by atoms with E-state index in [1.807, 2.05) is 57.2 Å². The molecule has 0 saturated carbocycles. The van der Waals surface area contributed by atoms with Gasteiger partial charge in [-0.2, -0.15) is 0 Å². The molecule has 0 aliphatic carbocycles. The molecule has 4 aliphatic heterocycles. The monoisotopic (exact) mass is 530 g/mol. The van der Waals surface area contributed by atoms with Crippen molar-refractivity contribution in [3.8, 4) is 0 Å². The summed E-state index contributed by atoms with van der Waals surface area (Å²) in [5.74, 6) is -2.46. The summed E-state index contributed by atoms with van der Waals surface area (Å²) in [5.41, 5.74) is 1.46. The number of cyclic esters (lactones) is 1. The van der Waals surface area contributed by atoms with Crippen molar-refractivity contribution in [2.75, 3.05) is 24.7 Å². The maximum absolute atomic E-state index is 14.5. The van der Waals surface area contributed by atoms with E-state index in [1.165, 1.54) is 11.8 Å². The molecule has 1 aromatic carbocycles. The van der Waals surface area contributed by atoms with E-state index < -0.39 is 34.6 Å². The molecule has 7 atom stereocenters. The second kappa shape index (κ2) is 9.54. The van der Waals surface area contributed by atoms with Gasteiger partial charge in [-0.1, -0.05) is 68.3 Å². The highest BCUT2D eigenvalue weighted by Crippen LogP contribution is 2.61. The summed E-state index contributed by atoms with van der Waals surface area (Å²) in [4.78, 5) is 45.1. The first kappa shape index (κ1) is 25.4. The Bertz CT molecular complexity index is 1130. The van der Waals surface area contributed by atoms with Crippen LogP contribution in [-0.4, -0.2) is 69.6 Å². The molecule has 2 saturated heterocycles. The van der Waals surface area contributed by atoms with Crippen LogP contribution in [-0.2, 0) is 19.1 Å². The van der Waals surface area contributed by atoms with Gasteiger partial charge in [-0.05, 0) is 24.5 Å². The highest BCUT2D eigenvalue weighted by atomic mass is 35.5. The maximum atomic E-state index is 14.5. The van der Waals surface area contributed by atoms with Crippen LogP contribution in [0.1, 0.15) is 25.8 Å². The lowest BCUT2D eigenvalue weighted by atomic mass is 9.78. The fourth-order valence-corrected chi connectivity index (χ4v) is 8.56. The van der Waals surface area contributed by atoms with Gasteiger partial charge in [0.25, 0.3) is 5.91 Å². The number of nitrogens with zero attached hydrogens (tertiary/aromatic N) is 2. The standard InChI is InChI=1S/C27H31ClN2O5S/c1-4-15(2)18(14-31)30-23-25(33)29(22-16(3)8-5-9-17(22)28)12-7-11-27(23)21(24(30)32)20-19(36-27)10-6-13-35-26(20)34/h5-11,15,18-21,23,31H,4,12-14H2,1-3H3/t15-,18-,19+,20-,21-,23?,27-/m0/s1. The van der Waals surface area contributed by atoms with Crippen LogP contribution in [0.4, 0.5) is 5.69 Å². The van der Waals surface area contributed by atoms with Gasteiger partial charge in [-0.25, -0.2) is 0 Å². The van der Waals surface area contributed by atoms with Crippen LogP contribution in [0.3, 0.4) is 0 Å². The summed E-state index contributed by atoms with van der Waals surface area (Å²) in [5, 5.41) is 10.6. The first-order valence-corrected chi connectivity index (χ1v) is 13.7. The molecule has 0 radical (unpaired) electrons. The van der Waals surface area contributed by atoms with Gasteiger partial charge in [-0.3, -0.25) is 14.4 Å². The Morgan fingerprint density at radius 2 is 2.03 bits per heavy atom. The van der Waals surface area contributed by atoms with Crippen LogP contribution in [0.15, 0.2) is 42.5 Å². The Morgan fingerprint density at radius 3 is 2.72 bits per heavy atom. The predicted octanol–water partition coefficient (Wildman–Crippen LogP) is 3.37. The summed E-state index contributed by atoms with van der Waals surface area (Å²) >= 11 is 8.08. The number of rotatable bonds is 5. The van der Waals surface area contributed by atoms with Gasteiger partial charge in [0, 0.05) is 11.8 Å². The summed E-state index contributed by atoms with van der Waals surface area (Å²) in [6, 6.07) is 4.04. The Labute approximate surface area is 220 Å². The number of esters is 1. The molecule has 1 unspecified atom stereocenters. The second-order valence-corrected chi connectivity index (χ2v) is 11.9. The third-order valence-corrected chi connectivity index (χ3v) is 10.2. The number of anilines is 1. The molecule has 1 N–H and O–H groups in total. The summed E-state index contributed by atoms with van der Waals surface area (Å²) < 4.78 is 4.46. The molecule has 2 amide bonds. The number of ether oxygens (including phenoxy) is 1. The fourth-order valence-electron chi connectivity index (χ4n) is 6.25. The number of hydrogen-bond acceptors (Lipinski definition) is 6. The first-order valence-electron chi connectivity index (χ1n) is 12.4. The Hall–Kier alpha value is -2.29. The van der Waals surface area contributed by atoms with Crippen LogP contribution in [0, 0.1) is 24.7 Å². The topological polar surface area (TPSA) is 87.2 Å². The number of thioether (sulfide) groups is 1. The summed E-state index contributed by atoms with van der Waals surface area (Å²) in [7, 11) is 0. The predicted molar refractivity (Wildman–Crippen MR) is 140 cm³/mol. The van der Waals surface area contributed by atoms with Crippen molar-refractivity contribution < 1.29 is 24.2 Å². The molecule has 7 nitrogen and oxygen atoms in total. The van der Waals surface area contributed by atoms with Crippen molar-refractivity contribution in [3.05, 3.63) is 53.1 Å². The van der Waals surface area contributed by atoms with E-state index in [0.29, 0.717) is 17.3 Å². The molecule has 1 spiro atoms. The van der Waals surface area contributed by atoms with E-state index in [1.54, 1.807) is 15.9 Å². The molecular formula is C27H31ClN2O5S. The van der Waals surface area contributed by atoms with Crippen LogP contribution < -0.4 is 4.90 Å². The van der Waals surface area contributed by atoms with Crippen LogP contribution in [0.5, 0.6) is 0 Å². The number of amides is 2. The maximum Gasteiger partial charge on any atom is 0.311 e. The van der Waals surface area contributed by atoms with Crippen molar-refractivity contribution in [1.82, 2.24) is 4.90 Å². The molecule has 2 fully saturated rings. The van der Waals surface area contributed by atoms with Gasteiger partial charge >= 0.3 is 5.97 Å². The number of para-hydroxylation sites is 1. The van der Waals surface area contributed by atoms with Gasteiger partial charge < -0.3 is 19.6 Å². The zero-order valence-electron chi connectivity index (χ0n) is 20.6. The second-order valence-electron chi connectivity index (χ2n) is 10.0. The van der Waals surface area contributed by atoms with E-state index >= 15 is 0 Å². The number of fused-ring (bicyclic) bond motifs is 2. The zero-order valence-corrected chi connectivity index (χ0v) is 22.2. The normalized spacial score (nSPS) is 33.0. The quantitative estimate of drug-likeness (QED) is 0.464. The van der Waals surface area contributed by atoms with Crippen molar-refractivity contribution in [2.45, 2.75) is 49.3 Å². The van der Waals surface area contributed by atoms with Gasteiger partial charge in [0.2, 0.25) is 5.91 Å². The Balaban J connectivity index is 1.69. The highest BCUT2D eigenvalue weighted by Gasteiger charge is 2.72. The molecular weight excluding hydrogens is 500 g/mol. The van der Waals surface area contributed by atoms with Crippen molar-refractivity contribution >= 4 is 46.8 Å². The summed E-state index contributed by atoms with van der Waals surface area (Å²) in [6.07, 6.45) is 8.33. The summed E-state index contributed by atoms with van der Waals surface area (Å²) in [6.45, 7) is 6.06. The number of halogens is 1. The van der Waals surface area contributed by atoms with Crippen molar-refractivity contribution in [3.63, 3.8) is 0 Å². The molecule has 192 valence electrons. The number of carbonyl (C=O) groups excluding carboxylic acids is 3. The van der Waals surface area contributed by atoms with Crippen molar-refractivity contribution in [1.29, 1.82) is 0 Å². The lowest BCUT2D eigenvalue weighted by Gasteiger charge is -2.40.